The molecule has 1 aromatic carbocycles. The average Bonchev–Trinajstić information content (AvgIpc) is 2.17. The summed E-state index contributed by atoms with van der Waals surface area (Å²) in [7, 11) is 0. The molecular weight excluding hydrogens is 206 g/mol. The molecule has 1 aromatic rings. The predicted octanol–water partition coefficient (Wildman–Crippen LogP) is 1.64. The van der Waals surface area contributed by atoms with Gasteiger partial charge >= 0.3 is 0 Å². The lowest BCUT2D eigenvalue weighted by Crippen LogP contribution is -2.45. The number of hydrogen-bond donors (Lipinski definition) is 0. The van der Waals surface area contributed by atoms with Crippen LogP contribution in [-0.2, 0) is 0 Å². The van der Waals surface area contributed by atoms with Crippen LogP contribution in [0.2, 0.25) is 0 Å². The normalized spacial score (nSPS) is 10.2. The van der Waals surface area contributed by atoms with Crippen molar-refractivity contribution in [2.24, 2.45) is 0 Å². The molecule has 1 rings (SSSR count). The number of hydrogen-bond acceptors (Lipinski definition) is 3. The van der Waals surface area contributed by atoms with Gasteiger partial charge in [0.25, 0.3) is 0 Å². The highest BCUT2D eigenvalue weighted by Gasteiger charge is 2.11. The molecule has 0 fully saturated rings. The topological polar surface area (TPSA) is 52.6 Å². The van der Waals surface area contributed by atoms with E-state index in [2.05, 4.69) is 0 Å². The van der Waals surface area contributed by atoms with E-state index in [0.717, 1.165) is 0 Å². The van der Waals surface area contributed by atoms with Gasteiger partial charge in [-0.05, 0) is 32.9 Å². The van der Waals surface area contributed by atoms with Crippen LogP contribution in [0.5, 0.6) is 5.75 Å². The summed E-state index contributed by atoms with van der Waals surface area (Å²) in [6.07, 6.45) is -1.20. The lowest BCUT2D eigenvalue weighted by Gasteiger charge is -2.29. The van der Waals surface area contributed by atoms with E-state index in [0.29, 0.717) is 18.0 Å². The quantitative estimate of drug-likeness (QED) is 0.778. The molecule has 0 aliphatic carbocycles. The van der Waals surface area contributed by atoms with Crippen molar-refractivity contribution in [3.63, 3.8) is 0 Å². The van der Waals surface area contributed by atoms with Gasteiger partial charge in [-0.15, -0.1) is 0 Å². The van der Waals surface area contributed by atoms with Gasteiger partial charge in [0.2, 0.25) is 0 Å². The molecule has 0 bridgehead atoms. The Bertz CT molecular complexity index is 363. The minimum absolute atomic E-state index is 0.165. The minimum Gasteiger partial charge on any atom is -0.530 e. The SMILES string of the molecule is CCOc1cccc(N(C(=O)[O-])C(C)C)c1. The van der Waals surface area contributed by atoms with E-state index in [1.54, 1.807) is 38.1 Å². The first-order valence-corrected chi connectivity index (χ1v) is 5.29. The maximum absolute atomic E-state index is 11.0. The molecule has 4 heteroatoms. The third-order valence-corrected chi connectivity index (χ3v) is 2.12. The van der Waals surface area contributed by atoms with Crippen LogP contribution in [0.1, 0.15) is 20.8 Å². The smallest absolute Gasteiger partial charge is 0.141 e. The first-order valence-electron chi connectivity index (χ1n) is 5.29. The van der Waals surface area contributed by atoms with Crippen molar-refractivity contribution in [2.75, 3.05) is 11.5 Å². The van der Waals surface area contributed by atoms with Gasteiger partial charge in [-0.1, -0.05) is 6.07 Å². The van der Waals surface area contributed by atoms with Gasteiger partial charge in [0.05, 0.1) is 6.61 Å². The standard InChI is InChI=1S/C12H17NO3/c1-4-16-11-7-5-6-10(8-11)13(9(2)3)12(14)15/h5-9H,4H2,1-3H3,(H,14,15)/p-1. The maximum Gasteiger partial charge on any atom is 0.141 e. The second-order valence-electron chi connectivity index (χ2n) is 3.66. The fraction of sp³-hybridized carbons (Fsp3) is 0.417. The molecular formula is C12H16NO3-. The molecule has 0 unspecified atom stereocenters. The van der Waals surface area contributed by atoms with Crippen molar-refractivity contribution in [2.45, 2.75) is 26.8 Å². The van der Waals surface area contributed by atoms with Crippen LogP contribution < -0.4 is 14.7 Å². The lowest BCUT2D eigenvalue weighted by molar-refractivity contribution is -0.247. The molecule has 0 N–H and O–H groups in total. The molecule has 0 aliphatic heterocycles. The van der Waals surface area contributed by atoms with Gasteiger partial charge in [0, 0.05) is 17.8 Å². The van der Waals surface area contributed by atoms with Crippen LogP contribution in [-0.4, -0.2) is 18.7 Å². The summed E-state index contributed by atoms with van der Waals surface area (Å²) in [5.41, 5.74) is 0.570. The van der Waals surface area contributed by atoms with E-state index >= 15 is 0 Å². The van der Waals surface area contributed by atoms with Crippen molar-refractivity contribution in [1.29, 1.82) is 0 Å². The number of benzene rings is 1. The Labute approximate surface area is 95.5 Å². The number of nitrogens with zero attached hydrogens (tertiary/aromatic N) is 1. The van der Waals surface area contributed by atoms with Crippen molar-refractivity contribution < 1.29 is 14.6 Å². The highest BCUT2D eigenvalue weighted by atomic mass is 16.5. The van der Waals surface area contributed by atoms with Crippen LogP contribution >= 0.6 is 0 Å². The zero-order valence-electron chi connectivity index (χ0n) is 9.77. The van der Waals surface area contributed by atoms with Gasteiger partial charge in [0.15, 0.2) is 0 Å². The van der Waals surface area contributed by atoms with E-state index in [-0.39, 0.29) is 6.04 Å². The molecule has 88 valence electrons. The van der Waals surface area contributed by atoms with Gasteiger partial charge < -0.3 is 19.5 Å². The Morgan fingerprint density at radius 3 is 2.69 bits per heavy atom. The molecule has 4 nitrogen and oxygen atoms in total. The second-order valence-corrected chi connectivity index (χ2v) is 3.66. The maximum atomic E-state index is 11.0. The van der Waals surface area contributed by atoms with Crippen LogP contribution in [0.15, 0.2) is 24.3 Å². The molecule has 0 spiro atoms. The monoisotopic (exact) mass is 222 g/mol. The molecule has 16 heavy (non-hydrogen) atoms. The van der Waals surface area contributed by atoms with Crippen LogP contribution in [0.4, 0.5) is 10.5 Å². The molecule has 0 saturated carbocycles. The number of amides is 1. The summed E-state index contributed by atoms with van der Waals surface area (Å²) < 4.78 is 5.32. The number of ether oxygens (including phenoxy) is 1. The number of carbonyl (C=O) groups excluding carboxylic acids is 1. The van der Waals surface area contributed by atoms with Crippen LogP contribution in [0, 0.1) is 0 Å². The molecule has 1 amide bonds. The second kappa shape index (κ2) is 5.39. The van der Waals surface area contributed by atoms with Crippen LogP contribution in [0.3, 0.4) is 0 Å². The van der Waals surface area contributed by atoms with Gasteiger partial charge in [-0.3, -0.25) is 0 Å². The van der Waals surface area contributed by atoms with Crippen molar-refractivity contribution in [3.8, 4) is 5.75 Å². The summed E-state index contributed by atoms with van der Waals surface area (Å²) >= 11 is 0. The highest BCUT2D eigenvalue weighted by Crippen LogP contribution is 2.22. The number of carbonyl (C=O) groups is 1. The first kappa shape index (κ1) is 12.4. The van der Waals surface area contributed by atoms with Gasteiger partial charge in [0.1, 0.15) is 11.8 Å². The highest BCUT2D eigenvalue weighted by molar-refractivity contribution is 5.85. The van der Waals surface area contributed by atoms with Crippen molar-refractivity contribution in [3.05, 3.63) is 24.3 Å². The number of anilines is 1. The van der Waals surface area contributed by atoms with Crippen molar-refractivity contribution >= 4 is 11.8 Å². The Balaban J connectivity index is 3.00. The summed E-state index contributed by atoms with van der Waals surface area (Å²) in [4.78, 5) is 12.2. The molecule has 0 saturated heterocycles. The zero-order chi connectivity index (χ0) is 12.1. The van der Waals surface area contributed by atoms with Crippen LogP contribution in [0.25, 0.3) is 0 Å². The summed E-state index contributed by atoms with van der Waals surface area (Å²) in [6.45, 7) is 6.02. The Kier molecular flexibility index (Phi) is 4.17. The van der Waals surface area contributed by atoms with Gasteiger partial charge in [-0.25, -0.2) is 0 Å². The average molecular weight is 222 g/mol. The summed E-state index contributed by atoms with van der Waals surface area (Å²) in [5.74, 6) is 0.659. The summed E-state index contributed by atoms with van der Waals surface area (Å²) in [5, 5.41) is 11.0. The Morgan fingerprint density at radius 1 is 1.50 bits per heavy atom. The minimum atomic E-state index is -1.20. The lowest BCUT2D eigenvalue weighted by atomic mass is 10.2. The predicted molar refractivity (Wildman–Crippen MR) is 60.6 cm³/mol. The molecule has 0 aromatic heterocycles. The van der Waals surface area contributed by atoms with Gasteiger partial charge in [-0.2, -0.15) is 0 Å². The molecule has 0 radical (unpaired) electrons. The van der Waals surface area contributed by atoms with E-state index in [4.69, 9.17) is 4.74 Å². The zero-order valence-corrected chi connectivity index (χ0v) is 9.77. The molecule has 0 atom stereocenters. The number of rotatable bonds is 4. The Hall–Kier alpha value is -1.71. The third kappa shape index (κ3) is 2.89. The number of carboxylic acid groups (broad SMARTS) is 1. The fourth-order valence-corrected chi connectivity index (χ4v) is 1.50. The van der Waals surface area contributed by atoms with E-state index in [9.17, 15) is 9.90 Å². The third-order valence-electron chi connectivity index (χ3n) is 2.12. The largest absolute Gasteiger partial charge is 0.530 e. The van der Waals surface area contributed by atoms with E-state index in [1.165, 1.54) is 4.90 Å². The van der Waals surface area contributed by atoms with Crippen molar-refractivity contribution in [1.82, 2.24) is 0 Å². The van der Waals surface area contributed by atoms with E-state index < -0.39 is 6.09 Å². The Morgan fingerprint density at radius 2 is 2.19 bits per heavy atom. The van der Waals surface area contributed by atoms with E-state index in [1.807, 2.05) is 6.92 Å². The first-order chi connectivity index (χ1) is 7.56. The fourth-order valence-electron chi connectivity index (χ4n) is 1.50. The summed E-state index contributed by atoms with van der Waals surface area (Å²) in [6, 6.07) is 6.80. The molecule has 0 aliphatic rings. The molecule has 0 heterocycles.